The molecule has 1 rings (SSSR count). The van der Waals surface area contributed by atoms with Gasteiger partial charge in [0.2, 0.25) is 0 Å². The first-order valence-electron chi connectivity index (χ1n) is 3.36. The Morgan fingerprint density at radius 1 is 1.58 bits per heavy atom. The van der Waals surface area contributed by atoms with Crippen LogP contribution in [0.4, 0.5) is 5.69 Å². The average Bonchev–Trinajstić information content (AvgIpc) is 2.04. The van der Waals surface area contributed by atoms with E-state index in [0.717, 1.165) is 0 Å². The Morgan fingerprint density at radius 3 is 2.92 bits per heavy atom. The molecule has 64 valence electrons. The van der Waals surface area contributed by atoms with Gasteiger partial charge in [-0.05, 0) is 12.1 Å². The number of anilines is 1. The van der Waals surface area contributed by atoms with Crippen LogP contribution in [-0.2, 0) is 4.84 Å². The highest BCUT2D eigenvalue weighted by atomic mass is 35.5. The lowest BCUT2D eigenvalue weighted by Gasteiger charge is -2.00. The number of rotatable bonds is 2. The molecule has 2 N–H and O–H groups in total. The molecular weight excluding hydrogens is 176 g/mol. The second kappa shape index (κ2) is 3.97. The highest BCUT2D eigenvalue weighted by Gasteiger charge is 2.00. The highest BCUT2D eigenvalue weighted by molar-refractivity contribution is 6.33. The number of nitrogen functional groups attached to an aromatic ring is 1. The molecule has 0 aliphatic rings. The molecule has 0 spiro atoms. The molecule has 0 amide bonds. The summed E-state index contributed by atoms with van der Waals surface area (Å²) in [5.41, 5.74) is 6.90. The minimum Gasteiger partial charge on any atom is -0.399 e. The minimum atomic E-state index is 0.566. The van der Waals surface area contributed by atoms with E-state index < -0.39 is 0 Å². The first-order chi connectivity index (χ1) is 5.75. The second-order valence-electron chi connectivity index (χ2n) is 2.16. The summed E-state index contributed by atoms with van der Waals surface area (Å²) in [7, 11) is 1.46. The summed E-state index contributed by atoms with van der Waals surface area (Å²) < 4.78 is 0. The van der Waals surface area contributed by atoms with Crippen LogP contribution in [0, 0.1) is 0 Å². The van der Waals surface area contributed by atoms with Crippen LogP contribution in [-0.4, -0.2) is 13.3 Å². The van der Waals surface area contributed by atoms with Gasteiger partial charge in [0, 0.05) is 11.3 Å². The van der Waals surface area contributed by atoms with Gasteiger partial charge in [-0.25, -0.2) is 0 Å². The van der Waals surface area contributed by atoms with Gasteiger partial charge < -0.3 is 10.6 Å². The number of hydrogen-bond acceptors (Lipinski definition) is 3. The third-order valence-corrected chi connectivity index (χ3v) is 1.70. The Labute approximate surface area is 75.8 Å². The maximum atomic E-state index is 5.84. The van der Waals surface area contributed by atoms with Crippen molar-refractivity contribution in [2.24, 2.45) is 5.16 Å². The van der Waals surface area contributed by atoms with E-state index >= 15 is 0 Å². The molecule has 0 atom stereocenters. The number of benzene rings is 1. The molecule has 0 fully saturated rings. The van der Waals surface area contributed by atoms with E-state index in [4.69, 9.17) is 17.3 Å². The number of hydrogen-bond donors (Lipinski definition) is 1. The standard InChI is InChI=1S/C8H9ClN2O/c1-12-11-5-6-7(9)3-2-4-8(6)10/h2-5H,10H2,1H3. The third kappa shape index (κ3) is 1.89. The molecule has 3 nitrogen and oxygen atoms in total. The van der Waals surface area contributed by atoms with Crippen molar-refractivity contribution in [1.82, 2.24) is 0 Å². The van der Waals surface area contributed by atoms with Crippen molar-refractivity contribution < 1.29 is 4.84 Å². The van der Waals surface area contributed by atoms with Gasteiger partial charge in [-0.3, -0.25) is 0 Å². The lowest BCUT2D eigenvalue weighted by molar-refractivity contribution is 0.215. The van der Waals surface area contributed by atoms with E-state index in [2.05, 4.69) is 9.99 Å². The molecule has 0 saturated heterocycles. The van der Waals surface area contributed by atoms with Crippen molar-refractivity contribution in [3.8, 4) is 0 Å². The van der Waals surface area contributed by atoms with Gasteiger partial charge in [0.15, 0.2) is 0 Å². The first kappa shape index (κ1) is 8.87. The van der Waals surface area contributed by atoms with Gasteiger partial charge in [-0.2, -0.15) is 0 Å². The van der Waals surface area contributed by atoms with E-state index in [-0.39, 0.29) is 0 Å². The zero-order valence-electron chi connectivity index (χ0n) is 6.62. The van der Waals surface area contributed by atoms with Crippen LogP contribution in [0.25, 0.3) is 0 Å². The summed E-state index contributed by atoms with van der Waals surface area (Å²) in [5.74, 6) is 0. The van der Waals surface area contributed by atoms with E-state index in [1.165, 1.54) is 13.3 Å². The molecule has 0 saturated carbocycles. The van der Waals surface area contributed by atoms with Gasteiger partial charge in [-0.15, -0.1) is 0 Å². The second-order valence-corrected chi connectivity index (χ2v) is 2.57. The molecule has 0 aliphatic heterocycles. The van der Waals surface area contributed by atoms with Crippen molar-refractivity contribution in [3.05, 3.63) is 28.8 Å². The van der Waals surface area contributed by atoms with E-state index in [0.29, 0.717) is 16.3 Å². The van der Waals surface area contributed by atoms with Crippen molar-refractivity contribution in [3.63, 3.8) is 0 Å². The quantitative estimate of drug-likeness (QED) is 0.434. The normalized spacial score (nSPS) is 10.5. The first-order valence-corrected chi connectivity index (χ1v) is 3.74. The van der Waals surface area contributed by atoms with Crippen LogP contribution in [0.2, 0.25) is 5.02 Å². The molecule has 0 aliphatic carbocycles. The Bertz CT molecular complexity index is 279. The Hall–Kier alpha value is -1.22. The van der Waals surface area contributed by atoms with Crippen LogP contribution in [0.15, 0.2) is 23.4 Å². The summed E-state index contributed by atoms with van der Waals surface area (Å²) in [4.78, 5) is 4.51. The largest absolute Gasteiger partial charge is 0.399 e. The predicted molar refractivity (Wildman–Crippen MR) is 50.5 cm³/mol. The molecule has 0 unspecified atom stereocenters. The smallest absolute Gasteiger partial charge is 0.106 e. The SMILES string of the molecule is CON=Cc1c(N)cccc1Cl. The van der Waals surface area contributed by atoms with Gasteiger partial charge in [-0.1, -0.05) is 22.8 Å². The van der Waals surface area contributed by atoms with Gasteiger partial charge in [0.05, 0.1) is 11.2 Å². The molecule has 0 heterocycles. The fourth-order valence-corrected chi connectivity index (χ4v) is 1.03. The van der Waals surface area contributed by atoms with Crippen LogP contribution < -0.4 is 5.73 Å². The average molecular weight is 185 g/mol. The van der Waals surface area contributed by atoms with Crippen LogP contribution >= 0.6 is 11.6 Å². The molecule has 12 heavy (non-hydrogen) atoms. The molecule has 0 radical (unpaired) electrons. The van der Waals surface area contributed by atoms with Gasteiger partial charge in [0.25, 0.3) is 0 Å². The highest BCUT2D eigenvalue weighted by Crippen LogP contribution is 2.19. The van der Waals surface area contributed by atoms with Crippen molar-refractivity contribution >= 4 is 23.5 Å². The minimum absolute atomic E-state index is 0.566. The Kier molecular flexibility index (Phi) is 2.94. The fraction of sp³-hybridized carbons (Fsp3) is 0.125. The number of halogens is 1. The zero-order valence-corrected chi connectivity index (χ0v) is 7.38. The molecule has 0 bridgehead atoms. The van der Waals surface area contributed by atoms with Gasteiger partial charge >= 0.3 is 0 Å². The topological polar surface area (TPSA) is 47.6 Å². The summed E-state index contributed by atoms with van der Waals surface area (Å²) in [6.45, 7) is 0. The number of nitrogens with two attached hydrogens (primary N) is 1. The van der Waals surface area contributed by atoms with Gasteiger partial charge in [0.1, 0.15) is 7.11 Å². The number of oxime groups is 1. The predicted octanol–water partition coefficient (Wildman–Crippen LogP) is 1.90. The maximum Gasteiger partial charge on any atom is 0.106 e. The van der Waals surface area contributed by atoms with E-state index in [1.807, 2.05) is 0 Å². The summed E-state index contributed by atoms with van der Waals surface area (Å²) >= 11 is 5.84. The molecular formula is C8H9ClN2O. The lowest BCUT2D eigenvalue weighted by atomic mass is 10.2. The lowest BCUT2D eigenvalue weighted by Crippen LogP contribution is -1.93. The maximum absolute atomic E-state index is 5.84. The van der Waals surface area contributed by atoms with Crippen LogP contribution in [0.1, 0.15) is 5.56 Å². The monoisotopic (exact) mass is 184 g/mol. The van der Waals surface area contributed by atoms with Crippen molar-refractivity contribution in [2.75, 3.05) is 12.8 Å². The molecule has 4 heteroatoms. The van der Waals surface area contributed by atoms with Crippen LogP contribution in [0.5, 0.6) is 0 Å². The Morgan fingerprint density at radius 2 is 2.33 bits per heavy atom. The van der Waals surface area contributed by atoms with Crippen molar-refractivity contribution in [2.45, 2.75) is 0 Å². The summed E-state index contributed by atoms with van der Waals surface area (Å²) in [5, 5.41) is 4.14. The summed E-state index contributed by atoms with van der Waals surface area (Å²) in [6, 6.07) is 5.28. The summed E-state index contributed by atoms with van der Waals surface area (Å²) in [6.07, 6.45) is 1.48. The molecule has 0 aromatic heterocycles. The molecule has 1 aromatic rings. The Balaban J connectivity index is 3.04. The third-order valence-electron chi connectivity index (χ3n) is 1.37. The fourth-order valence-electron chi connectivity index (χ4n) is 0.795. The zero-order chi connectivity index (χ0) is 8.97. The van der Waals surface area contributed by atoms with Crippen molar-refractivity contribution in [1.29, 1.82) is 0 Å². The number of nitrogens with zero attached hydrogens (tertiary/aromatic N) is 1. The van der Waals surface area contributed by atoms with E-state index in [9.17, 15) is 0 Å². The van der Waals surface area contributed by atoms with Crippen LogP contribution in [0.3, 0.4) is 0 Å². The van der Waals surface area contributed by atoms with E-state index in [1.54, 1.807) is 18.2 Å². The molecule has 1 aromatic carbocycles.